The molecule has 0 spiro atoms. The van der Waals surface area contributed by atoms with Gasteiger partial charge in [0.1, 0.15) is 11.9 Å². The van der Waals surface area contributed by atoms with Crippen LogP contribution in [0.2, 0.25) is 0 Å². The first-order chi connectivity index (χ1) is 9.70. The zero-order valence-corrected chi connectivity index (χ0v) is 11.6. The molecule has 0 fully saturated rings. The molecular weight excluding hydrogens is 250 g/mol. The van der Waals surface area contributed by atoms with Gasteiger partial charge < -0.3 is 14.8 Å². The van der Waals surface area contributed by atoms with Gasteiger partial charge in [-0.25, -0.2) is 0 Å². The van der Waals surface area contributed by atoms with Gasteiger partial charge in [-0.2, -0.15) is 0 Å². The summed E-state index contributed by atoms with van der Waals surface area (Å²) in [6.45, 7) is 2.03. The SMILES string of the molecule is COc1cccc(C(O)c2[nH]c3ccccc3c2C)c1. The van der Waals surface area contributed by atoms with E-state index in [0.717, 1.165) is 33.5 Å². The largest absolute Gasteiger partial charge is 0.497 e. The Kier molecular flexibility index (Phi) is 3.20. The summed E-state index contributed by atoms with van der Waals surface area (Å²) >= 11 is 0. The predicted molar refractivity (Wildman–Crippen MR) is 80.1 cm³/mol. The molecule has 3 aromatic rings. The first-order valence-electron chi connectivity index (χ1n) is 6.60. The second kappa shape index (κ2) is 5.02. The molecule has 0 saturated heterocycles. The monoisotopic (exact) mass is 267 g/mol. The Labute approximate surface area is 117 Å². The van der Waals surface area contributed by atoms with Gasteiger partial charge in [-0.1, -0.05) is 30.3 Å². The molecule has 102 valence electrons. The molecule has 0 aliphatic heterocycles. The smallest absolute Gasteiger partial charge is 0.119 e. The van der Waals surface area contributed by atoms with E-state index in [2.05, 4.69) is 11.1 Å². The van der Waals surface area contributed by atoms with E-state index in [9.17, 15) is 5.11 Å². The fourth-order valence-corrected chi connectivity index (χ4v) is 2.55. The van der Waals surface area contributed by atoms with Gasteiger partial charge in [-0.3, -0.25) is 0 Å². The van der Waals surface area contributed by atoms with Crippen molar-refractivity contribution in [2.45, 2.75) is 13.0 Å². The molecule has 20 heavy (non-hydrogen) atoms. The molecule has 1 heterocycles. The van der Waals surface area contributed by atoms with E-state index in [-0.39, 0.29) is 0 Å². The number of hydrogen-bond donors (Lipinski definition) is 2. The lowest BCUT2D eigenvalue weighted by molar-refractivity contribution is 0.215. The highest BCUT2D eigenvalue weighted by molar-refractivity contribution is 5.84. The lowest BCUT2D eigenvalue weighted by Gasteiger charge is -2.12. The van der Waals surface area contributed by atoms with Crippen molar-refractivity contribution in [1.82, 2.24) is 4.98 Å². The number of aromatic amines is 1. The van der Waals surface area contributed by atoms with Crippen LogP contribution in [0.15, 0.2) is 48.5 Å². The van der Waals surface area contributed by atoms with Crippen molar-refractivity contribution in [1.29, 1.82) is 0 Å². The number of aromatic nitrogens is 1. The molecule has 0 aliphatic rings. The quantitative estimate of drug-likeness (QED) is 0.762. The number of hydrogen-bond acceptors (Lipinski definition) is 2. The minimum absolute atomic E-state index is 0.683. The second-order valence-electron chi connectivity index (χ2n) is 4.89. The molecule has 1 atom stereocenters. The number of H-pyrrole nitrogens is 1. The zero-order chi connectivity index (χ0) is 14.1. The Morgan fingerprint density at radius 3 is 2.65 bits per heavy atom. The van der Waals surface area contributed by atoms with Crippen LogP contribution in [-0.4, -0.2) is 17.2 Å². The first kappa shape index (κ1) is 12.8. The Balaban J connectivity index is 2.07. The summed E-state index contributed by atoms with van der Waals surface area (Å²) in [7, 11) is 1.62. The van der Waals surface area contributed by atoms with Gasteiger partial charge in [0, 0.05) is 10.9 Å². The third-order valence-electron chi connectivity index (χ3n) is 3.69. The fourth-order valence-electron chi connectivity index (χ4n) is 2.55. The number of rotatable bonds is 3. The van der Waals surface area contributed by atoms with Gasteiger partial charge in [0.15, 0.2) is 0 Å². The molecule has 2 N–H and O–H groups in total. The number of fused-ring (bicyclic) bond motifs is 1. The Bertz CT molecular complexity index is 746. The molecule has 0 aliphatic carbocycles. The highest BCUT2D eigenvalue weighted by Crippen LogP contribution is 2.30. The molecule has 2 aromatic carbocycles. The van der Waals surface area contributed by atoms with E-state index in [1.807, 2.05) is 49.4 Å². The molecule has 0 radical (unpaired) electrons. The maximum absolute atomic E-state index is 10.6. The summed E-state index contributed by atoms with van der Waals surface area (Å²) in [6, 6.07) is 15.6. The van der Waals surface area contributed by atoms with Crippen LogP contribution in [0.25, 0.3) is 10.9 Å². The van der Waals surface area contributed by atoms with Gasteiger partial charge in [-0.05, 0) is 36.2 Å². The number of methoxy groups -OCH3 is 1. The van der Waals surface area contributed by atoms with E-state index in [1.54, 1.807) is 7.11 Å². The standard InChI is InChI=1S/C17H17NO2/c1-11-14-8-3-4-9-15(14)18-16(11)17(19)12-6-5-7-13(10-12)20-2/h3-10,17-19H,1-2H3. The van der Waals surface area contributed by atoms with Gasteiger partial charge in [0.2, 0.25) is 0 Å². The summed E-state index contributed by atoms with van der Waals surface area (Å²) in [5.41, 5.74) is 3.77. The van der Waals surface area contributed by atoms with Crippen LogP contribution in [0.1, 0.15) is 22.9 Å². The highest BCUT2D eigenvalue weighted by Gasteiger charge is 2.17. The summed E-state index contributed by atoms with van der Waals surface area (Å²) < 4.78 is 5.21. The van der Waals surface area contributed by atoms with E-state index < -0.39 is 6.10 Å². The number of ether oxygens (including phenoxy) is 1. The van der Waals surface area contributed by atoms with Crippen LogP contribution in [-0.2, 0) is 0 Å². The third-order valence-corrected chi connectivity index (χ3v) is 3.69. The molecule has 0 amide bonds. The normalized spacial score (nSPS) is 12.6. The summed E-state index contributed by atoms with van der Waals surface area (Å²) in [5.74, 6) is 0.746. The van der Waals surface area contributed by atoms with Crippen molar-refractivity contribution < 1.29 is 9.84 Å². The number of aliphatic hydroxyl groups is 1. The molecule has 3 rings (SSSR count). The van der Waals surface area contributed by atoms with Crippen LogP contribution in [0.4, 0.5) is 0 Å². The second-order valence-corrected chi connectivity index (χ2v) is 4.89. The third kappa shape index (κ3) is 2.06. The maximum atomic E-state index is 10.6. The van der Waals surface area contributed by atoms with Gasteiger partial charge in [-0.15, -0.1) is 0 Å². The zero-order valence-electron chi connectivity index (χ0n) is 11.6. The van der Waals surface area contributed by atoms with E-state index >= 15 is 0 Å². The van der Waals surface area contributed by atoms with Crippen LogP contribution in [0, 0.1) is 6.92 Å². The van der Waals surface area contributed by atoms with Crippen LogP contribution >= 0.6 is 0 Å². The van der Waals surface area contributed by atoms with Gasteiger partial charge >= 0.3 is 0 Å². The molecule has 3 heteroatoms. The Morgan fingerprint density at radius 2 is 1.90 bits per heavy atom. The van der Waals surface area contributed by atoms with Crippen molar-refractivity contribution in [3.8, 4) is 5.75 Å². The Hall–Kier alpha value is -2.26. The van der Waals surface area contributed by atoms with Crippen LogP contribution in [0.5, 0.6) is 5.75 Å². The van der Waals surface area contributed by atoms with Gasteiger partial charge in [0.05, 0.1) is 12.8 Å². The molecule has 1 unspecified atom stereocenters. The highest BCUT2D eigenvalue weighted by atomic mass is 16.5. The summed E-state index contributed by atoms with van der Waals surface area (Å²) in [5, 5.41) is 11.7. The summed E-state index contributed by atoms with van der Waals surface area (Å²) in [4.78, 5) is 3.31. The van der Waals surface area contributed by atoms with E-state index in [0.29, 0.717) is 0 Å². The number of para-hydroxylation sites is 1. The fraction of sp³-hybridized carbons (Fsp3) is 0.176. The van der Waals surface area contributed by atoms with E-state index in [1.165, 1.54) is 0 Å². The van der Waals surface area contributed by atoms with Crippen LogP contribution < -0.4 is 4.74 Å². The molecule has 3 nitrogen and oxygen atoms in total. The van der Waals surface area contributed by atoms with Crippen molar-refractivity contribution in [2.24, 2.45) is 0 Å². The minimum atomic E-state index is -0.683. The average Bonchev–Trinajstić information content (AvgIpc) is 2.84. The van der Waals surface area contributed by atoms with Crippen molar-refractivity contribution in [3.63, 3.8) is 0 Å². The van der Waals surface area contributed by atoms with Gasteiger partial charge in [0.25, 0.3) is 0 Å². The first-order valence-corrected chi connectivity index (χ1v) is 6.60. The number of benzene rings is 2. The number of nitrogens with one attached hydrogen (secondary N) is 1. The van der Waals surface area contributed by atoms with Crippen molar-refractivity contribution in [3.05, 3.63) is 65.4 Å². The molecular formula is C17H17NO2. The maximum Gasteiger partial charge on any atom is 0.119 e. The number of aliphatic hydroxyl groups excluding tert-OH is 1. The predicted octanol–water partition coefficient (Wildman–Crippen LogP) is 3.57. The Morgan fingerprint density at radius 1 is 1.10 bits per heavy atom. The lowest BCUT2D eigenvalue weighted by Crippen LogP contribution is -2.02. The van der Waals surface area contributed by atoms with Crippen molar-refractivity contribution in [2.75, 3.05) is 7.11 Å². The molecule has 0 saturated carbocycles. The minimum Gasteiger partial charge on any atom is -0.497 e. The number of aryl methyl sites for hydroxylation is 1. The van der Waals surface area contributed by atoms with E-state index in [4.69, 9.17) is 4.74 Å². The topological polar surface area (TPSA) is 45.2 Å². The summed E-state index contributed by atoms with van der Waals surface area (Å²) in [6.07, 6.45) is -0.683. The van der Waals surface area contributed by atoms with Crippen LogP contribution in [0.3, 0.4) is 0 Å². The molecule has 0 bridgehead atoms. The molecule has 1 aromatic heterocycles. The van der Waals surface area contributed by atoms with Crippen molar-refractivity contribution >= 4 is 10.9 Å². The lowest BCUT2D eigenvalue weighted by atomic mass is 10.0. The average molecular weight is 267 g/mol.